The second-order valence-corrected chi connectivity index (χ2v) is 4.68. The minimum atomic E-state index is -0.591. The maximum absolute atomic E-state index is 10.1. The lowest BCUT2D eigenvalue weighted by molar-refractivity contribution is 0.107. The summed E-state index contributed by atoms with van der Waals surface area (Å²) >= 11 is 0. The third-order valence-corrected chi connectivity index (χ3v) is 3.29. The molecule has 0 radical (unpaired) electrons. The third kappa shape index (κ3) is 3.58. The topological polar surface area (TPSA) is 29.5 Å². The van der Waals surface area contributed by atoms with E-state index in [9.17, 15) is 5.11 Å². The molecule has 0 saturated heterocycles. The molecule has 100 valence electrons. The summed E-state index contributed by atoms with van der Waals surface area (Å²) in [6.07, 6.45) is 0.429. The highest BCUT2D eigenvalue weighted by atomic mass is 16.5. The van der Waals surface area contributed by atoms with Crippen LogP contribution in [0.25, 0.3) is 0 Å². The molecular weight excluding hydrogens is 236 g/mol. The van der Waals surface area contributed by atoms with Crippen molar-refractivity contribution in [3.63, 3.8) is 0 Å². The number of hydrogen-bond acceptors (Lipinski definition) is 2. The Hall–Kier alpha value is -1.80. The largest absolute Gasteiger partial charge is 0.491 e. The van der Waals surface area contributed by atoms with Crippen molar-refractivity contribution in [3.05, 3.63) is 65.2 Å². The van der Waals surface area contributed by atoms with Gasteiger partial charge in [0.1, 0.15) is 18.5 Å². The fraction of sp³-hybridized carbons (Fsp3) is 0.294. The number of aryl methyl sites for hydroxylation is 2. The van der Waals surface area contributed by atoms with E-state index in [1.807, 2.05) is 43.3 Å². The highest BCUT2D eigenvalue weighted by Gasteiger charge is 2.10. The standard InChI is InChI=1S/C17H20O2/c1-3-14-8-10-15(11-9-14)19-12-17(18)16-7-5-4-6-13(16)2/h4-11,17-18H,3,12H2,1-2H3. The molecule has 0 heterocycles. The maximum atomic E-state index is 10.1. The van der Waals surface area contributed by atoms with Gasteiger partial charge in [-0.15, -0.1) is 0 Å². The normalized spacial score (nSPS) is 12.2. The SMILES string of the molecule is CCc1ccc(OCC(O)c2ccccc2C)cc1. The first-order chi connectivity index (χ1) is 9.20. The van der Waals surface area contributed by atoms with Crippen molar-refractivity contribution in [2.24, 2.45) is 0 Å². The number of ether oxygens (including phenoxy) is 1. The minimum Gasteiger partial charge on any atom is -0.491 e. The zero-order chi connectivity index (χ0) is 13.7. The lowest BCUT2D eigenvalue weighted by atomic mass is 10.0. The van der Waals surface area contributed by atoms with E-state index in [0.717, 1.165) is 23.3 Å². The van der Waals surface area contributed by atoms with Crippen molar-refractivity contribution in [1.29, 1.82) is 0 Å². The van der Waals surface area contributed by atoms with Crippen LogP contribution in [0.1, 0.15) is 29.7 Å². The van der Waals surface area contributed by atoms with Gasteiger partial charge in [0.2, 0.25) is 0 Å². The Morgan fingerprint density at radius 3 is 2.37 bits per heavy atom. The fourth-order valence-corrected chi connectivity index (χ4v) is 2.05. The molecule has 0 amide bonds. The van der Waals surface area contributed by atoms with Gasteiger partial charge in [0.25, 0.3) is 0 Å². The Kier molecular flexibility index (Phi) is 4.58. The van der Waals surface area contributed by atoms with Crippen LogP contribution in [0.4, 0.5) is 0 Å². The monoisotopic (exact) mass is 256 g/mol. The first-order valence-corrected chi connectivity index (χ1v) is 6.66. The number of rotatable bonds is 5. The highest BCUT2D eigenvalue weighted by molar-refractivity contribution is 5.29. The van der Waals surface area contributed by atoms with Crippen molar-refractivity contribution < 1.29 is 9.84 Å². The lowest BCUT2D eigenvalue weighted by Crippen LogP contribution is -2.10. The molecule has 0 spiro atoms. The third-order valence-electron chi connectivity index (χ3n) is 3.29. The molecular formula is C17H20O2. The molecule has 0 fully saturated rings. The van der Waals surface area contributed by atoms with E-state index in [-0.39, 0.29) is 6.61 Å². The van der Waals surface area contributed by atoms with Gasteiger partial charge >= 0.3 is 0 Å². The summed E-state index contributed by atoms with van der Waals surface area (Å²) < 4.78 is 5.63. The van der Waals surface area contributed by atoms with E-state index in [2.05, 4.69) is 19.1 Å². The minimum absolute atomic E-state index is 0.274. The van der Waals surface area contributed by atoms with Crippen LogP contribution < -0.4 is 4.74 Å². The van der Waals surface area contributed by atoms with Gasteiger partial charge in [0.15, 0.2) is 0 Å². The molecule has 2 nitrogen and oxygen atoms in total. The molecule has 1 unspecified atom stereocenters. The van der Waals surface area contributed by atoms with E-state index in [1.165, 1.54) is 5.56 Å². The van der Waals surface area contributed by atoms with Gasteiger partial charge in [-0.1, -0.05) is 43.3 Å². The summed E-state index contributed by atoms with van der Waals surface area (Å²) in [7, 11) is 0. The molecule has 0 aliphatic carbocycles. The second-order valence-electron chi connectivity index (χ2n) is 4.68. The van der Waals surface area contributed by atoms with Gasteiger partial charge < -0.3 is 9.84 Å². The average Bonchev–Trinajstić information content (AvgIpc) is 2.46. The smallest absolute Gasteiger partial charge is 0.119 e. The number of benzene rings is 2. The van der Waals surface area contributed by atoms with Gasteiger partial charge in [-0.25, -0.2) is 0 Å². The quantitative estimate of drug-likeness (QED) is 0.884. The Balaban J connectivity index is 1.96. The molecule has 1 N–H and O–H groups in total. The molecule has 0 saturated carbocycles. The van der Waals surface area contributed by atoms with E-state index in [4.69, 9.17) is 4.74 Å². The number of hydrogen-bond donors (Lipinski definition) is 1. The van der Waals surface area contributed by atoms with Gasteiger partial charge in [-0.2, -0.15) is 0 Å². The predicted octanol–water partition coefficient (Wildman–Crippen LogP) is 3.67. The fourth-order valence-electron chi connectivity index (χ4n) is 2.05. The lowest BCUT2D eigenvalue weighted by Gasteiger charge is -2.15. The van der Waals surface area contributed by atoms with E-state index < -0.39 is 6.10 Å². The van der Waals surface area contributed by atoms with Gasteiger partial charge in [0.05, 0.1) is 0 Å². The molecule has 2 heteroatoms. The van der Waals surface area contributed by atoms with Crippen molar-refractivity contribution in [1.82, 2.24) is 0 Å². The Morgan fingerprint density at radius 1 is 1.05 bits per heavy atom. The first kappa shape index (κ1) is 13.6. The maximum Gasteiger partial charge on any atom is 0.119 e. The molecule has 19 heavy (non-hydrogen) atoms. The zero-order valence-electron chi connectivity index (χ0n) is 11.5. The summed E-state index contributed by atoms with van der Waals surface area (Å²) in [5, 5.41) is 10.1. The van der Waals surface area contributed by atoms with Crippen LogP contribution >= 0.6 is 0 Å². The van der Waals surface area contributed by atoms with Crippen molar-refractivity contribution >= 4 is 0 Å². The van der Waals surface area contributed by atoms with Crippen LogP contribution in [0, 0.1) is 6.92 Å². The number of aliphatic hydroxyl groups excluding tert-OH is 1. The zero-order valence-corrected chi connectivity index (χ0v) is 11.5. The summed E-state index contributed by atoms with van der Waals surface area (Å²) in [6.45, 7) is 4.39. The molecule has 2 aromatic rings. The van der Waals surface area contributed by atoms with Crippen LogP contribution in [0.15, 0.2) is 48.5 Å². The molecule has 0 bridgehead atoms. The van der Waals surface area contributed by atoms with Crippen LogP contribution in [0.5, 0.6) is 5.75 Å². The number of aliphatic hydroxyl groups is 1. The molecule has 0 aromatic heterocycles. The van der Waals surface area contributed by atoms with Gasteiger partial charge in [-0.3, -0.25) is 0 Å². The molecule has 2 aromatic carbocycles. The average molecular weight is 256 g/mol. The first-order valence-electron chi connectivity index (χ1n) is 6.66. The Morgan fingerprint density at radius 2 is 1.74 bits per heavy atom. The van der Waals surface area contributed by atoms with E-state index in [1.54, 1.807) is 0 Å². The Labute approximate surface area is 114 Å². The second kappa shape index (κ2) is 6.39. The summed E-state index contributed by atoms with van der Waals surface area (Å²) in [4.78, 5) is 0. The summed E-state index contributed by atoms with van der Waals surface area (Å²) in [5.41, 5.74) is 3.29. The van der Waals surface area contributed by atoms with Gasteiger partial charge in [0, 0.05) is 0 Å². The molecule has 1 atom stereocenters. The highest BCUT2D eigenvalue weighted by Crippen LogP contribution is 2.19. The molecule has 0 aliphatic rings. The van der Waals surface area contributed by atoms with Crippen molar-refractivity contribution in [3.8, 4) is 5.75 Å². The molecule has 2 rings (SSSR count). The van der Waals surface area contributed by atoms with Crippen LogP contribution in [-0.4, -0.2) is 11.7 Å². The van der Waals surface area contributed by atoms with Crippen LogP contribution in [0.3, 0.4) is 0 Å². The molecule has 0 aliphatic heterocycles. The van der Waals surface area contributed by atoms with Crippen LogP contribution in [-0.2, 0) is 6.42 Å². The van der Waals surface area contributed by atoms with Crippen molar-refractivity contribution in [2.45, 2.75) is 26.4 Å². The van der Waals surface area contributed by atoms with Gasteiger partial charge in [-0.05, 0) is 42.2 Å². The summed E-state index contributed by atoms with van der Waals surface area (Å²) in [5.74, 6) is 0.796. The van der Waals surface area contributed by atoms with Crippen molar-refractivity contribution in [2.75, 3.05) is 6.61 Å². The van der Waals surface area contributed by atoms with Crippen LogP contribution in [0.2, 0.25) is 0 Å². The van der Waals surface area contributed by atoms with E-state index in [0.29, 0.717) is 0 Å². The summed E-state index contributed by atoms with van der Waals surface area (Å²) in [6, 6.07) is 15.8. The Bertz CT molecular complexity index is 517. The predicted molar refractivity (Wildman–Crippen MR) is 77.5 cm³/mol. The van der Waals surface area contributed by atoms with E-state index >= 15 is 0 Å².